The van der Waals surface area contributed by atoms with Gasteiger partial charge in [0.05, 0.1) is 11.1 Å². The third kappa shape index (κ3) is 1.91. The molecule has 1 aromatic rings. The molecule has 0 atom stereocenters. The van der Waals surface area contributed by atoms with Crippen molar-refractivity contribution < 1.29 is 18.7 Å². The van der Waals surface area contributed by atoms with Gasteiger partial charge in [0.25, 0.3) is 6.43 Å². The Balaban J connectivity index is 3.50. The highest BCUT2D eigenvalue weighted by molar-refractivity contribution is 14.1. The number of pyridine rings is 1. The standard InChI is InChI=1S/C7H5F2IN2O2/c8-5(9)4-3(7(13)14)2(10)1-12-6(4)11/h1,5H,(H2,11,12)(H,13,14). The second-order valence-corrected chi connectivity index (χ2v) is 3.55. The molecule has 0 aromatic carbocycles. The van der Waals surface area contributed by atoms with Gasteiger partial charge in [-0.05, 0) is 22.6 Å². The first kappa shape index (κ1) is 11.1. The summed E-state index contributed by atoms with van der Waals surface area (Å²) >= 11 is 1.62. The van der Waals surface area contributed by atoms with E-state index >= 15 is 0 Å². The lowest BCUT2D eigenvalue weighted by molar-refractivity contribution is 0.0683. The van der Waals surface area contributed by atoms with E-state index in [4.69, 9.17) is 10.8 Å². The van der Waals surface area contributed by atoms with Crippen molar-refractivity contribution in [3.05, 3.63) is 20.9 Å². The molecule has 14 heavy (non-hydrogen) atoms. The van der Waals surface area contributed by atoms with Crippen molar-refractivity contribution in [1.82, 2.24) is 4.98 Å². The molecule has 0 spiro atoms. The summed E-state index contributed by atoms with van der Waals surface area (Å²) in [5, 5.41) is 8.70. The summed E-state index contributed by atoms with van der Waals surface area (Å²) in [5.74, 6) is -1.88. The van der Waals surface area contributed by atoms with Crippen LogP contribution in [0.4, 0.5) is 14.6 Å². The minimum Gasteiger partial charge on any atom is -0.478 e. The van der Waals surface area contributed by atoms with Crippen molar-refractivity contribution in [2.45, 2.75) is 6.43 Å². The number of aromatic nitrogens is 1. The van der Waals surface area contributed by atoms with Crippen molar-refractivity contribution in [3.63, 3.8) is 0 Å². The molecular formula is C7H5F2IN2O2. The van der Waals surface area contributed by atoms with Crippen molar-refractivity contribution >= 4 is 34.4 Å². The lowest BCUT2D eigenvalue weighted by Gasteiger charge is -2.08. The minimum atomic E-state index is -2.94. The van der Waals surface area contributed by atoms with Crippen molar-refractivity contribution in [2.75, 3.05) is 5.73 Å². The van der Waals surface area contributed by atoms with E-state index in [0.29, 0.717) is 0 Å². The largest absolute Gasteiger partial charge is 0.478 e. The molecule has 0 aliphatic heterocycles. The maximum atomic E-state index is 12.4. The van der Waals surface area contributed by atoms with E-state index in [9.17, 15) is 13.6 Å². The van der Waals surface area contributed by atoms with Gasteiger partial charge in [0.1, 0.15) is 5.82 Å². The van der Waals surface area contributed by atoms with Gasteiger partial charge in [0, 0.05) is 9.77 Å². The van der Waals surface area contributed by atoms with Crippen LogP contribution in [0.1, 0.15) is 22.3 Å². The molecule has 0 saturated carbocycles. The number of rotatable bonds is 2. The first-order chi connectivity index (χ1) is 6.45. The zero-order chi connectivity index (χ0) is 10.9. The van der Waals surface area contributed by atoms with E-state index in [1.54, 1.807) is 22.6 Å². The summed E-state index contributed by atoms with van der Waals surface area (Å²) in [6, 6.07) is 0. The average Bonchev–Trinajstić information content (AvgIpc) is 2.07. The lowest BCUT2D eigenvalue weighted by Crippen LogP contribution is -2.10. The van der Waals surface area contributed by atoms with Crippen LogP contribution in [0.5, 0.6) is 0 Å². The van der Waals surface area contributed by atoms with Crippen molar-refractivity contribution in [2.24, 2.45) is 0 Å². The summed E-state index contributed by atoms with van der Waals surface area (Å²) in [6.07, 6.45) is -1.80. The normalized spacial score (nSPS) is 10.6. The second kappa shape index (κ2) is 4.03. The summed E-state index contributed by atoms with van der Waals surface area (Å²) in [6.45, 7) is 0. The number of hydrogen-bond acceptors (Lipinski definition) is 3. The molecule has 0 amide bonds. The molecule has 0 saturated heterocycles. The van der Waals surface area contributed by atoms with Crippen LogP contribution in [0, 0.1) is 3.57 Å². The molecule has 3 N–H and O–H groups in total. The number of halogens is 3. The highest BCUT2D eigenvalue weighted by atomic mass is 127. The van der Waals surface area contributed by atoms with E-state index in [1.807, 2.05) is 0 Å². The van der Waals surface area contributed by atoms with Gasteiger partial charge in [-0.25, -0.2) is 18.6 Å². The first-order valence-corrected chi connectivity index (χ1v) is 4.48. The van der Waals surface area contributed by atoms with Crippen LogP contribution < -0.4 is 5.73 Å². The van der Waals surface area contributed by atoms with Gasteiger partial charge in [-0.2, -0.15) is 0 Å². The average molecular weight is 314 g/mol. The Morgan fingerprint density at radius 1 is 1.64 bits per heavy atom. The zero-order valence-corrected chi connectivity index (χ0v) is 8.83. The maximum absolute atomic E-state index is 12.4. The Morgan fingerprint density at radius 2 is 2.21 bits per heavy atom. The lowest BCUT2D eigenvalue weighted by atomic mass is 10.1. The number of nitrogen functional groups attached to an aromatic ring is 1. The Morgan fingerprint density at radius 3 is 2.57 bits per heavy atom. The van der Waals surface area contributed by atoms with E-state index in [-0.39, 0.29) is 3.57 Å². The number of nitrogens with two attached hydrogens (primary N) is 1. The quantitative estimate of drug-likeness (QED) is 0.818. The van der Waals surface area contributed by atoms with E-state index < -0.39 is 29.3 Å². The topological polar surface area (TPSA) is 76.2 Å². The molecule has 0 unspecified atom stereocenters. The Bertz CT molecular complexity index is 384. The predicted octanol–water partition coefficient (Wildman–Crippen LogP) is 1.90. The van der Waals surface area contributed by atoms with Crippen LogP contribution in [0.15, 0.2) is 6.20 Å². The molecule has 0 fully saturated rings. The van der Waals surface area contributed by atoms with Gasteiger partial charge in [0.2, 0.25) is 0 Å². The monoisotopic (exact) mass is 314 g/mol. The van der Waals surface area contributed by atoms with Gasteiger partial charge in [-0.15, -0.1) is 0 Å². The highest BCUT2D eigenvalue weighted by Gasteiger charge is 2.24. The Hall–Kier alpha value is -0.990. The van der Waals surface area contributed by atoms with E-state index in [2.05, 4.69) is 4.98 Å². The minimum absolute atomic E-state index is 0.139. The fourth-order valence-corrected chi connectivity index (χ4v) is 1.62. The third-order valence-electron chi connectivity index (χ3n) is 1.53. The number of nitrogens with zero attached hydrogens (tertiary/aromatic N) is 1. The predicted molar refractivity (Wildman–Crippen MR) is 53.3 cm³/mol. The second-order valence-electron chi connectivity index (χ2n) is 2.39. The number of hydrogen-bond donors (Lipinski definition) is 2. The van der Waals surface area contributed by atoms with Crippen LogP contribution in [0.2, 0.25) is 0 Å². The summed E-state index contributed by atoms with van der Waals surface area (Å²) in [5.41, 5.74) is 3.97. The third-order valence-corrected chi connectivity index (χ3v) is 2.35. The first-order valence-electron chi connectivity index (χ1n) is 3.40. The molecule has 0 radical (unpaired) electrons. The van der Waals surface area contributed by atoms with Crippen LogP contribution >= 0.6 is 22.6 Å². The van der Waals surface area contributed by atoms with E-state index in [0.717, 1.165) is 6.20 Å². The number of aromatic carboxylic acids is 1. The van der Waals surface area contributed by atoms with Gasteiger partial charge < -0.3 is 10.8 Å². The molecule has 76 valence electrons. The molecule has 1 aromatic heterocycles. The van der Waals surface area contributed by atoms with Crippen LogP contribution in [-0.2, 0) is 0 Å². The van der Waals surface area contributed by atoms with Gasteiger partial charge in [0.15, 0.2) is 0 Å². The number of carboxylic acids is 1. The van der Waals surface area contributed by atoms with Gasteiger partial charge in [-0.1, -0.05) is 0 Å². The molecule has 0 aliphatic carbocycles. The zero-order valence-electron chi connectivity index (χ0n) is 6.67. The Labute approximate surface area is 91.3 Å². The fraction of sp³-hybridized carbons (Fsp3) is 0.143. The number of alkyl halides is 2. The maximum Gasteiger partial charge on any atom is 0.337 e. The molecule has 0 aliphatic rings. The van der Waals surface area contributed by atoms with Crippen LogP contribution in [0.25, 0.3) is 0 Å². The number of carboxylic acid groups (broad SMARTS) is 1. The molecule has 1 heterocycles. The molecular weight excluding hydrogens is 309 g/mol. The van der Waals surface area contributed by atoms with Gasteiger partial charge >= 0.3 is 5.97 Å². The summed E-state index contributed by atoms with van der Waals surface area (Å²) in [7, 11) is 0. The molecule has 1 rings (SSSR count). The van der Waals surface area contributed by atoms with Crippen molar-refractivity contribution in [3.8, 4) is 0 Å². The SMILES string of the molecule is Nc1ncc(I)c(C(=O)O)c1C(F)F. The molecule has 0 bridgehead atoms. The van der Waals surface area contributed by atoms with Crippen LogP contribution in [0.3, 0.4) is 0 Å². The highest BCUT2D eigenvalue weighted by Crippen LogP contribution is 2.29. The fourth-order valence-electron chi connectivity index (χ4n) is 0.955. The Kier molecular flexibility index (Phi) is 3.19. The number of anilines is 1. The number of carbonyl (C=O) groups is 1. The summed E-state index contributed by atoms with van der Waals surface area (Å²) in [4.78, 5) is 14.1. The van der Waals surface area contributed by atoms with E-state index in [1.165, 1.54) is 0 Å². The molecule has 7 heteroatoms. The van der Waals surface area contributed by atoms with Gasteiger partial charge in [-0.3, -0.25) is 0 Å². The van der Waals surface area contributed by atoms with Crippen molar-refractivity contribution in [1.29, 1.82) is 0 Å². The van der Waals surface area contributed by atoms with Crippen LogP contribution in [-0.4, -0.2) is 16.1 Å². The summed E-state index contributed by atoms with van der Waals surface area (Å²) < 4.78 is 25.0. The molecule has 4 nitrogen and oxygen atoms in total. The smallest absolute Gasteiger partial charge is 0.337 e.